The van der Waals surface area contributed by atoms with E-state index in [9.17, 15) is 0 Å². The van der Waals surface area contributed by atoms with Gasteiger partial charge in [0.1, 0.15) is 6.61 Å². The van der Waals surface area contributed by atoms with Crippen LogP contribution in [0.3, 0.4) is 0 Å². The lowest BCUT2D eigenvalue weighted by Gasteiger charge is -2.13. The van der Waals surface area contributed by atoms with Gasteiger partial charge in [-0.1, -0.05) is 23.7 Å². The molecule has 2 aromatic rings. The highest BCUT2D eigenvalue weighted by atomic mass is 35.5. The van der Waals surface area contributed by atoms with E-state index in [1.165, 1.54) is 11.3 Å². The van der Waals surface area contributed by atoms with Crippen molar-refractivity contribution in [2.45, 2.75) is 12.5 Å². The van der Waals surface area contributed by atoms with E-state index in [1.807, 2.05) is 30.3 Å². The Labute approximate surface area is 120 Å². The summed E-state index contributed by atoms with van der Waals surface area (Å²) in [6.45, 7) is 0.460. The number of hydrogen-bond donors (Lipinski definition) is 0. The Morgan fingerprint density at radius 3 is 2.67 bits per heavy atom. The second-order valence-corrected chi connectivity index (χ2v) is 5.64. The first-order valence-electron chi connectivity index (χ1n) is 5.33. The van der Waals surface area contributed by atoms with Crippen molar-refractivity contribution in [2.24, 2.45) is 0 Å². The molecular formula is C13H12Cl2O2S. The molecule has 0 radical (unpaired) electrons. The smallest absolute Gasteiger partial charge is 0.166 e. The summed E-state index contributed by atoms with van der Waals surface area (Å²) in [5, 5.41) is 0. The number of alkyl halides is 1. The molecule has 0 saturated heterocycles. The molecule has 1 heterocycles. The maximum absolute atomic E-state index is 5.89. The maximum Gasteiger partial charge on any atom is 0.166 e. The van der Waals surface area contributed by atoms with Crippen LogP contribution in [0.4, 0.5) is 0 Å². The minimum absolute atomic E-state index is 0.387. The lowest BCUT2D eigenvalue weighted by molar-refractivity contribution is 0.285. The minimum Gasteiger partial charge on any atom is -0.493 e. The average Bonchev–Trinajstić information content (AvgIpc) is 2.81. The molecule has 2 nitrogen and oxygen atoms in total. The van der Waals surface area contributed by atoms with Gasteiger partial charge < -0.3 is 9.47 Å². The zero-order chi connectivity index (χ0) is 13.0. The molecule has 0 fully saturated rings. The molecule has 0 spiro atoms. The molecule has 0 aliphatic heterocycles. The monoisotopic (exact) mass is 302 g/mol. The van der Waals surface area contributed by atoms with Gasteiger partial charge in [0.05, 0.1) is 17.3 Å². The van der Waals surface area contributed by atoms with Crippen molar-refractivity contribution >= 4 is 34.5 Å². The van der Waals surface area contributed by atoms with Crippen LogP contribution in [0.25, 0.3) is 0 Å². The van der Waals surface area contributed by atoms with Gasteiger partial charge in [-0.25, -0.2) is 0 Å². The molecule has 1 aromatic carbocycles. The average molecular weight is 303 g/mol. The van der Waals surface area contributed by atoms with Gasteiger partial charge >= 0.3 is 0 Å². The van der Waals surface area contributed by atoms with E-state index in [1.54, 1.807) is 7.11 Å². The second kappa shape index (κ2) is 6.32. The molecule has 96 valence electrons. The molecule has 0 unspecified atom stereocenters. The Hall–Kier alpha value is -0.900. The Bertz CT molecular complexity index is 503. The van der Waals surface area contributed by atoms with Gasteiger partial charge in [-0.05, 0) is 18.2 Å². The van der Waals surface area contributed by atoms with E-state index in [-0.39, 0.29) is 0 Å². The van der Waals surface area contributed by atoms with E-state index in [0.717, 1.165) is 14.8 Å². The van der Waals surface area contributed by atoms with Crippen molar-refractivity contribution < 1.29 is 9.47 Å². The number of ether oxygens (including phenoxy) is 2. The number of para-hydroxylation sites is 1. The van der Waals surface area contributed by atoms with Gasteiger partial charge in [0.25, 0.3) is 0 Å². The molecule has 1 aromatic heterocycles. The summed E-state index contributed by atoms with van der Waals surface area (Å²) in [5.74, 6) is 1.77. The zero-order valence-electron chi connectivity index (χ0n) is 9.78. The third-order valence-electron chi connectivity index (χ3n) is 2.41. The molecule has 0 aliphatic carbocycles. The number of hydrogen-bond acceptors (Lipinski definition) is 3. The second-order valence-electron chi connectivity index (χ2n) is 3.58. The van der Waals surface area contributed by atoms with E-state index in [4.69, 9.17) is 32.7 Å². The van der Waals surface area contributed by atoms with Crippen LogP contribution in [0.15, 0.2) is 30.3 Å². The van der Waals surface area contributed by atoms with E-state index >= 15 is 0 Å². The summed E-state index contributed by atoms with van der Waals surface area (Å²) in [6.07, 6.45) is 0. The molecule has 0 bridgehead atoms. The van der Waals surface area contributed by atoms with E-state index < -0.39 is 0 Å². The summed E-state index contributed by atoms with van der Waals surface area (Å²) in [4.78, 5) is 1.06. The molecule has 2 rings (SSSR count). The fourth-order valence-electron chi connectivity index (χ4n) is 1.56. The summed E-state index contributed by atoms with van der Waals surface area (Å²) >= 11 is 13.3. The molecule has 0 aliphatic rings. The first-order valence-corrected chi connectivity index (χ1v) is 7.06. The lowest BCUT2D eigenvalue weighted by Crippen LogP contribution is -1.99. The van der Waals surface area contributed by atoms with Crippen molar-refractivity contribution in [2.75, 3.05) is 7.11 Å². The molecule has 18 heavy (non-hydrogen) atoms. The van der Waals surface area contributed by atoms with Gasteiger partial charge in [0, 0.05) is 10.4 Å². The Kier molecular flexibility index (Phi) is 4.75. The number of rotatable bonds is 5. The van der Waals surface area contributed by atoms with Crippen molar-refractivity contribution in [1.29, 1.82) is 0 Å². The van der Waals surface area contributed by atoms with Crippen LogP contribution in [-0.2, 0) is 12.5 Å². The fourth-order valence-corrected chi connectivity index (χ4v) is 2.77. The predicted octanol–water partition coefficient (Wildman–Crippen LogP) is 4.73. The van der Waals surface area contributed by atoms with Gasteiger partial charge in [-0.2, -0.15) is 0 Å². The van der Waals surface area contributed by atoms with Crippen molar-refractivity contribution in [3.8, 4) is 11.5 Å². The minimum atomic E-state index is 0.387. The number of benzene rings is 1. The zero-order valence-corrected chi connectivity index (χ0v) is 12.1. The Morgan fingerprint density at radius 1 is 1.22 bits per heavy atom. The van der Waals surface area contributed by atoms with Crippen LogP contribution in [0, 0.1) is 0 Å². The molecular weight excluding hydrogens is 291 g/mol. The standard InChI is InChI=1S/C13H12Cl2O2S/c1-16-11-4-2-3-9(7-14)13(11)17-8-10-5-6-12(15)18-10/h2-6H,7-8H2,1H3. The summed E-state index contributed by atoms with van der Waals surface area (Å²) in [7, 11) is 1.61. The van der Waals surface area contributed by atoms with Gasteiger partial charge in [0.15, 0.2) is 11.5 Å². The first kappa shape index (κ1) is 13.5. The quantitative estimate of drug-likeness (QED) is 0.744. The van der Waals surface area contributed by atoms with E-state index in [0.29, 0.717) is 24.0 Å². The maximum atomic E-state index is 5.89. The first-order chi connectivity index (χ1) is 8.74. The highest BCUT2D eigenvalue weighted by molar-refractivity contribution is 7.16. The van der Waals surface area contributed by atoms with Crippen LogP contribution in [0.1, 0.15) is 10.4 Å². The van der Waals surface area contributed by atoms with Crippen LogP contribution >= 0.6 is 34.5 Å². The third-order valence-corrected chi connectivity index (χ3v) is 3.90. The van der Waals surface area contributed by atoms with E-state index in [2.05, 4.69) is 0 Å². The van der Waals surface area contributed by atoms with Crippen LogP contribution in [0.2, 0.25) is 4.34 Å². The van der Waals surface area contributed by atoms with Crippen molar-refractivity contribution in [3.63, 3.8) is 0 Å². The summed E-state index contributed by atoms with van der Waals surface area (Å²) in [5.41, 5.74) is 0.915. The highest BCUT2D eigenvalue weighted by Crippen LogP contribution is 2.33. The van der Waals surface area contributed by atoms with Crippen molar-refractivity contribution in [3.05, 3.63) is 45.1 Å². The molecule has 0 atom stereocenters. The molecule has 0 N–H and O–H groups in total. The largest absolute Gasteiger partial charge is 0.493 e. The number of halogens is 2. The van der Waals surface area contributed by atoms with Crippen LogP contribution in [-0.4, -0.2) is 7.11 Å². The topological polar surface area (TPSA) is 18.5 Å². The van der Waals surface area contributed by atoms with Crippen LogP contribution in [0.5, 0.6) is 11.5 Å². The Morgan fingerprint density at radius 2 is 2.06 bits per heavy atom. The number of thiophene rings is 1. The SMILES string of the molecule is COc1cccc(CCl)c1OCc1ccc(Cl)s1. The molecule has 0 amide bonds. The Balaban J connectivity index is 2.17. The lowest BCUT2D eigenvalue weighted by atomic mass is 10.2. The molecule has 0 saturated carbocycles. The normalized spacial score (nSPS) is 10.4. The summed E-state index contributed by atoms with van der Waals surface area (Å²) in [6, 6.07) is 9.48. The number of methoxy groups -OCH3 is 1. The third kappa shape index (κ3) is 3.10. The van der Waals surface area contributed by atoms with Gasteiger partial charge in [0.2, 0.25) is 0 Å². The van der Waals surface area contributed by atoms with Crippen molar-refractivity contribution in [1.82, 2.24) is 0 Å². The predicted molar refractivity (Wildman–Crippen MR) is 76.2 cm³/mol. The summed E-state index contributed by atoms with van der Waals surface area (Å²) < 4.78 is 11.8. The van der Waals surface area contributed by atoms with Crippen LogP contribution < -0.4 is 9.47 Å². The highest BCUT2D eigenvalue weighted by Gasteiger charge is 2.10. The molecule has 5 heteroatoms. The fraction of sp³-hybridized carbons (Fsp3) is 0.231. The van der Waals surface area contributed by atoms with Gasteiger partial charge in [-0.3, -0.25) is 0 Å². The van der Waals surface area contributed by atoms with Gasteiger partial charge in [-0.15, -0.1) is 22.9 Å².